The number of benzene rings is 2. The maximum atomic E-state index is 5.71. The molecule has 0 saturated heterocycles. The fourth-order valence-electron chi connectivity index (χ4n) is 2.56. The van der Waals surface area contributed by atoms with Crippen LogP contribution in [0.25, 0.3) is 0 Å². The van der Waals surface area contributed by atoms with Crippen molar-refractivity contribution in [3.8, 4) is 0 Å². The molecule has 6 heteroatoms. The Kier molecular flexibility index (Phi) is 3.69. The number of rotatable bonds is 3. The van der Waals surface area contributed by atoms with Crippen molar-refractivity contribution in [1.82, 2.24) is 0 Å². The molecular weight excluding hydrogens is 316 g/mol. The summed E-state index contributed by atoms with van der Waals surface area (Å²) in [4.78, 5) is 18.0. The van der Waals surface area contributed by atoms with Crippen LogP contribution in [0.2, 0.25) is 0 Å². The average Bonchev–Trinajstić information content (AvgIpc) is 3.04. The molecule has 0 saturated carbocycles. The van der Waals surface area contributed by atoms with Gasteiger partial charge in [0.1, 0.15) is 0 Å². The predicted octanol–water partition coefficient (Wildman–Crippen LogP) is 3.99. The van der Waals surface area contributed by atoms with Crippen LogP contribution in [0.5, 0.6) is 0 Å². The van der Waals surface area contributed by atoms with Gasteiger partial charge in [-0.1, -0.05) is 47.8 Å². The normalized spacial score (nSPS) is 22.8. The lowest BCUT2D eigenvalue weighted by molar-refractivity contribution is -0.310. The topological polar surface area (TPSA) is 24.9 Å². The minimum Gasteiger partial charge on any atom is -0.337 e. The molecule has 22 heavy (non-hydrogen) atoms. The first-order valence-corrected chi connectivity index (χ1v) is 8.79. The van der Waals surface area contributed by atoms with Gasteiger partial charge in [0, 0.05) is 23.9 Å². The molecule has 0 aliphatic carbocycles. The first kappa shape index (κ1) is 14.3. The van der Waals surface area contributed by atoms with E-state index in [1.165, 1.54) is 21.2 Å². The number of thioether (sulfide) groups is 2. The Hall–Kier alpha value is -1.34. The largest absolute Gasteiger partial charge is 0.337 e. The number of nitrogens with zero attached hydrogens (tertiary/aromatic N) is 2. The van der Waals surface area contributed by atoms with Crippen molar-refractivity contribution in [3.05, 3.63) is 48.5 Å². The van der Waals surface area contributed by atoms with E-state index in [9.17, 15) is 0 Å². The summed E-state index contributed by atoms with van der Waals surface area (Å²) in [7, 11) is 4.04. The van der Waals surface area contributed by atoms with Crippen LogP contribution in [0.3, 0.4) is 0 Å². The summed E-state index contributed by atoms with van der Waals surface area (Å²) in [6, 6.07) is 16.6. The monoisotopic (exact) mass is 332 g/mol. The Balaban J connectivity index is 1.41. The number of anilines is 2. The molecular formula is C16H16N2O2S2. The second-order valence-corrected chi connectivity index (χ2v) is 7.36. The van der Waals surface area contributed by atoms with Crippen LogP contribution in [-0.4, -0.2) is 25.2 Å². The minimum absolute atomic E-state index is 0.157. The summed E-state index contributed by atoms with van der Waals surface area (Å²) < 4.78 is 0. The fourth-order valence-corrected chi connectivity index (χ4v) is 4.69. The van der Waals surface area contributed by atoms with Gasteiger partial charge in [-0.3, -0.25) is 0 Å². The van der Waals surface area contributed by atoms with Crippen LogP contribution in [0, 0.1) is 0 Å². The second kappa shape index (κ2) is 5.70. The van der Waals surface area contributed by atoms with Crippen molar-refractivity contribution in [2.45, 2.75) is 20.9 Å². The van der Waals surface area contributed by atoms with Crippen molar-refractivity contribution in [1.29, 1.82) is 0 Å². The SMILES string of the molecule is CN1c2ccccc2SC1OOC1Sc2ccccc2N1C. The third kappa shape index (κ3) is 2.36. The van der Waals surface area contributed by atoms with E-state index in [-0.39, 0.29) is 11.1 Å². The van der Waals surface area contributed by atoms with E-state index in [0.717, 1.165) is 0 Å². The van der Waals surface area contributed by atoms with E-state index in [1.54, 1.807) is 23.5 Å². The van der Waals surface area contributed by atoms with Gasteiger partial charge in [0.15, 0.2) is 0 Å². The van der Waals surface area contributed by atoms with Crippen LogP contribution in [0.15, 0.2) is 58.3 Å². The Morgan fingerprint density at radius 2 is 1.14 bits per heavy atom. The summed E-state index contributed by atoms with van der Waals surface area (Å²) in [6.45, 7) is 0. The van der Waals surface area contributed by atoms with E-state index >= 15 is 0 Å². The van der Waals surface area contributed by atoms with Gasteiger partial charge in [0.05, 0.1) is 11.4 Å². The highest BCUT2D eigenvalue weighted by molar-refractivity contribution is 8.00. The van der Waals surface area contributed by atoms with Crippen LogP contribution >= 0.6 is 23.5 Å². The highest BCUT2D eigenvalue weighted by atomic mass is 32.2. The van der Waals surface area contributed by atoms with Gasteiger partial charge in [0.25, 0.3) is 0 Å². The molecule has 4 nitrogen and oxygen atoms in total. The zero-order valence-electron chi connectivity index (χ0n) is 12.3. The molecule has 0 radical (unpaired) electrons. The average molecular weight is 332 g/mol. The molecule has 2 aromatic carbocycles. The van der Waals surface area contributed by atoms with Gasteiger partial charge in [-0.2, -0.15) is 9.78 Å². The van der Waals surface area contributed by atoms with Crippen molar-refractivity contribution in [3.63, 3.8) is 0 Å². The van der Waals surface area contributed by atoms with Crippen LogP contribution < -0.4 is 9.80 Å². The Bertz CT molecular complexity index is 638. The van der Waals surface area contributed by atoms with Gasteiger partial charge in [-0.05, 0) is 24.3 Å². The molecule has 0 bridgehead atoms. The van der Waals surface area contributed by atoms with Crippen LogP contribution in [0.1, 0.15) is 0 Å². The lowest BCUT2D eigenvalue weighted by Gasteiger charge is -2.25. The van der Waals surface area contributed by atoms with E-state index in [2.05, 4.69) is 34.1 Å². The molecule has 2 aliphatic heterocycles. The Morgan fingerprint density at radius 1 is 0.727 bits per heavy atom. The molecule has 2 heterocycles. The summed E-state index contributed by atoms with van der Waals surface area (Å²) in [6.07, 6.45) is 0. The number of hydrogen-bond acceptors (Lipinski definition) is 6. The predicted molar refractivity (Wildman–Crippen MR) is 91.2 cm³/mol. The maximum Gasteiger partial charge on any atom is 0.216 e. The zero-order valence-corrected chi connectivity index (χ0v) is 13.9. The molecule has 2 atom stereocenters. The summed E-state index contributed by atoms with van der Waals surface area (Å²) in [5.41, 5.74) is 2.04. The van der Waals surface area contributed by atoms with Gasteiger partial charge >= 0.3 is 0 Å². The quantitative estimate of drug-likeness (QED) is 0.623. The highest BCUT2D eigenvalue weighted by Crippen LogP contribution is 2.45. The molecule has 114 valence electrons. The molecule has 0 fully saturated rings. The zero-order chi connectivity index (χ0) is 15.1. The third-order valence-corrected chi connectivity index (χ3v) is 6.19. The number of fused-ring (bicyclic) bond motifs is 2. The number of hydrogen-bond donors (Lipinski definition) is 0. The smallest absolute Gasteiger partial charge is 0.216 e. The highest BCUT2D eigenvalue weighted by Gasteiger charge is 2.33. The van der Waals surface area contributed by atoms with Crippen LogP contribution in [0.4, 0.5) is 11.4 Å². The molecule has 0 amide bonds. The summed E-state index contributed by atoms with van der Waals surface area (Å²) >= 11 is 3.33. The fraction of sp³-hybridized carbons (Fsp3) is 0.250. The molecule has 4 rings (SSSR count). The van der Waals surface area contributed by atoms with Crippen LogP contribution in [-0.2, 0) is 9.78 Å². The molecule has 2 unspecified atom stereocenters. The van der Waals surface area contributed by atoms with E-state index in [0.29, 0.717) is 0 Å². The molecule has 2 aliphatic rings. The minimum atomic E-state index is -0.157. The van der Waals surface area contributed by atoms with Gasteiger partial charge in [-0.25, -0.2) is 0 Å². The summed E-state index contributed by atoms with van der Waals surface area (Å²) in [5.74, 6) is 0. The first-order chi connectivity index (χ1) is 10.7. The lowest BCUT2D eigenvalue weighted by atomic mass is 10.3. The third-order valence-electron chi connectivity index (χ3n) is 3.80. The standard InChI is InChI=1S/C16H16N2O2S2/c1-17-11-7-3-5-9-13(11)21-15(17)19-20-16-18(2)12-8-4-6-10-14(12)22-16/h3-10,15-16H,1-2H3. The molecule has 0 spiro atoms. The molecule has 0 aromatic heterocycles. The van der Waals surface area contributed by atoms with Crippen molar-refractivity contribution in [2.24, 2.45) is 0 Å². The lowest BCUT2D eigenvalue weighted by Crippen LogP contribution is -2.33. The van der Waals surface area contributed by atoms with E-state index < -0.39 is 0 Å². The first-order valence-electron chi connectivity index (χ1n) is 7.03. The number of para-hydroxylation sites is 2. The maximum absolute atomic E-state index is 5.71. The van der Waals surface area contributed by atoms with Gasteiger partial charge < -0.3 is 9.80 Å². The Labute approximate surface area is 138 Å². The molecule has 2 aromatic rings. The molecule has 0 N–H and O–H groups in total. The van der Waals surface area contributed by atoms with Crippen molar-refractivity contribution < 1.29 is 9.78 Å². The van der Waals surface area contributed by atoms with E-state index in [1.807, 2.05) is 38.4 Å². The second-order valence-electron chi connectivity index (χ2n) is 5.20. The van der Waals surface area contributed by atoms with Gasteiger partial charge in [0.2, 0.25) is 11.1 Å². The van der Waals surface area contributed by atoms with Gasteiger partial charge in [-0.15, -0.1) is 0 Å². The Morgan fingerprint density at radius 3 is 1.55 bits per heavy atom. The van der Waals surface area contributed by atoms with E-state index in [4.69, 9.17) is 9.78 Å². The summed E-state index contributed by atoms with van der Waals surface area (Å²) in [5, 5.41) is 0. The van der Waals surface area contributed by atoms with Crippen molar-refractivity contribution in [2.75, 3.05) is 23.9 Å². The van der Waals surface area contributed by atoms with Crippen molar-refractivity contribution >= 4 is 34.9 Å².